The van der Waals surface area contributed by atoms with Crippen LogP contribution in [-0.4, -0.2) is 96.7 Å². The highest BCUT2D eigenvalue weighted by atomic mass is 31.2. The Bertz CT molecular complexity index is 1930. The molecule has 0 aliphatic rings. The van der Waals surface area contributed by atoms with Crippen molar-refractivity contribution in [2.45, 2.75) is 470 Å². The fraction of sp³-hybridized carbons (Fsp3) is 0.952. The Morgan fingerprint density at radius 1 is 0.235 bits per heavy atom. The molecule has 0 heterocycles. The van der Waals surface area contributed by atoms with Crippen molar-refractivity contribution in [2.24, 2.45) is 0 Å². The minimum Gasteiger partial charge on any atom is -0.462 e. The standard InChI is InChI=1S/C83H162O17P2/c1-5-9-13-17-21-25-28-30-32-34-36-38-40-42-44-46-48-50-53-56-60-64-68-81(86)94-74-79(100-83(88)70-66-62-58-54-51-49-47-45-43-41-39-37-35-33-31-29-26-22-18-14-10-6-2)76-98-102(91,92)96-72-77(84)71-95-101(89,90)97-75-78(73-93-80(85)67-63-59-55-24-20-16-12-8-4)99-82(87)69-65-61-57-52-27-23-19-15-11-7-3/h77-79,84H,5-76H2,1-4H3,(H,89,90)(H,91,92)/t77-,78+,79+/m0/s1. The van der Waals surface area contributed by atoms with Crippen LogP contribution in [0.25, 0.3) is 0 Å². The average Bonchev–Trinajstić information content (AvgIpc) is 0.925. The van der Waals surface area contributed by atoms with E-state index in [2.05, 4.69) is 27.7 Å². The molecule has 0 aromatic carbocycles. The van der Waals surface area contributed by atoms with Gasteiger partial charge >= 0.3 is 39.5 Å². The molecule has 0 aromatic rings. The molecule has 0 amide bonds. The molecule has 0 radical (unpaired) electrons. The Kier molecular flexibility index (Phi) is 75.8. The zero-order chi connectivity index (χ0) is 74.6. The molecular formula is C83H162O17P2. The Morgan fingerprint density at radius 2 is 0.392 bits per heavy atom. The average molecular weight is 1490 g/mol. The van der Waals surface area contributed by atoms with Crippen molar-refractivity contribution in [3.05, 3.63) is 0 Å². The van der Waals surface area contributed by atoms with E-state index in [9.17, 15) is 43.2 Å². The van der Waals surface area contributed by atoms with Gasteiger partial charge in [0.1, 0.15) is 19.3 Å². The number of rotatable bonds is 84. The highest BCUT2D eigenvalue weighted by Crippen LogP contribution is 2.45. The minimum absolute atomic E-state index is 0.107. The summed E-state index contributed by atoms with van der Waals surface area (Å²) >= 11 is 0. The van der Waals surface area contributed by atoms with Crippen LogP contribution in [0.15, 0.2) is 0 Å². The van der Waals surface area contributed by atoms with Gasteiger partial charge in [-0.05, 0) is 25.7 Å². The van der Waals surface area contributed by atoms with Crippen LogP contribution < -0.4 is 0 Å². The summed E-state index contributed by atoms with van der Waals surface area (Å²) in [5.74, 6) is -2.11. The molecule has 0 fully saturated rings. The number of aliphatic hydroxyl groups excluding tert-OH is 1. The summed E-state index contributed by atoms with van der Waals surface area (Å²) < 4.78 is 68.6. The number of esters is 4. The van der Waals surface area contributed by atoms with Gasteiger partial charge in [-0.1, -0.05) is 400 Å². The lowest BCUT2D eigenvalue weighted by Crippen LogP contribution is -2.30. The maximum atomic E-state index is 13.1. The fourth-order valence-corrected chi connectivity index (χ4v) is 14.6. The van der Waals surface area contributed by atoms with Gasteiger partial charge in [0.25, 0.3) is 0 Å². The first-order valence-corrected chi connectivity index (χ1v) is 46.3. The molecule has 3 N–H and O–H groups in total. The zero-order valence-corrected chi connectivity index (χ0v) is 68.4. The number of hydrogen-bond donors (Lipinski definition) is 3. The number of hydrogen-bond acceptors (Lipinski definition) is 15. The van der Waals surface area contributed by atoms with Crippen molar-refractivity contribution in [3.63, 3.8) is 0 Å². The van der Waals surface area contributed by atoms with E-state index in [1.807, 2.05) is 0 Å². The van der Waals surface area contributed by atoms with Crippen LogP contribution in [0, 0.1) is 0 Å². The van der Waals surface area contributed by atoms with Gasteiger partial charge in [-0.25, -0.2) is 9.13 Å². The van der Waals surface area contributed by atoms with Gasteiger partial charge in [0.2, 0.25) is 0 Å². The van der Waals surface area contributed by atoms with Crippen LogP contribution in [0.3, 0.4) is 0 Å². The van der Waals surface area contributed by atoms with Crippen LogP contribution in [0.2, 0.25) is 0 Å². The Hall–Kier alpha value is -1.94. The van der Waals surface area contributed by atoms with Gasteiger partial charge in [0.15, 0.2) is 12.2 Å². The lowest BCUT2D eigenvalue weighted by atomic mass is 10.0. The summed E-state index contributed by atoms with van der Waals surface area (Å²) in [6, 6.07) is 0. The van der Waals surface area contributed by atoms with Gasteiger partial charge in [0.05, 0.1) is 26.4 Å². The highest BCUT2D eigenvalue weighted by Gasteiger charge is 2.30. The molecule has 0 aromatic heterocycles. The smallest absolute Gasteiger partial charge is 0.462 e. The number of aliphatic hydroxyl groups is 1. The van der Waals surface area contributed by atoms with Gasteiger partial charge < -0.3 is 33.8 Å². The molecule has 0 aliphatic carbocycles. The van der Waals surface area contributed by atoms with Crippen LogP contribution in [-0.2, 0) is 65.4 Å². The molecule has 606 valence electrons. The van der Waals surface area contributed by atoms with Crippen LogP contribution in [0.4, 0.5) is 0 Å². The Morgan fingerprint density at radius 3 is 0.578 bits per heavy atom. The second-order valence-electron chi connectivity index (χ2n) is 29.9. The fourth-order valence-electron chi connectivity index (χ4n) is 13.0. The third-order valence-electron chi connectivity index (χ3n) is 19.6. The number of ether oxygens (including phenoxy) is 4. The molecule has 0 saturated heterocycles. The van der Waals surface area contributed by atoms with Crippen molar-refractivity contribution in [3.8, 4) is 0 Å². The maximum absolute atomic E-state index is 13.1. The molecular weight excluding hydrogens is 1330 g/mol. The highest BCUT2D eigenvalue weighted by molar-refractivity contribution is 7.47. The van der Waals surface area contributed by atoms with E-state index in [-0.39, 0.29) is 25.7 Å². The van der Waals surface area contributed by atoms with Crippen LogP contribution >= 0.6 is 15.6 Å². The quantitative estimate of drug-likeness (QED) is 0.0222. The first-order valence-electron chi connectivity index (χ1n) is 43.3. The Labute approximate surface area is 626 Å². The van der Waals surface area contributed by atoms with Crippen molar-refractivity contribution in [2.75, 3.05) is 39.6 Å². The van der Waals surface area contributed by atoms with Gasteiger partial charge in [-0.15, -0.1) is 0 Å². The van der Waals surface area contributed by atoms with E-state index in [0.717, 1.165) is 96.3 Å². The van der Waals surface area contributed by atoms with E-state index in [0.29, 0.717) is 25.7 Å². The molecule has 0 spiro atoms. The van der Waals surface area contributed by atoms with Crippen molar-refractivity contribution in [1.29, 1.82) is 0 Å². The number of phosphoric acid groups is 2. The third kappa shape index (κ3) is 76.3. The normalized spacial score (nSPS) is 13.8. The molecule has 0 rings (SSSR count). The predicted octanol–water partition coefficient (Wildman–Crippen LogP) is 25.4. The summed E-state index contributed by atoms with van der Waals surface area (Å²) in [5.41, 5.74) is 0. The zero-order valence-electron chi connectivity index (χ0n) is 66.6. The molecule has 17 nitrogen and oxygen atoms in total. The first kappa shape index (κ1) is 100. The van der Waals surface area contributed by atoms with Crippen molar-refractivity contribution in [1.82, 2.24) is 0 Å². The van der Waals surface area contributed by atoms with Crippen molar-refractivity contribution >= 4 is 39.5 Å². The predicted molar refractivity (Wildman–Crippen MR) is 419 cm³/mol. The third-order valence-corrected chi connectivity index (χ3v) is 21.5. The lowest BCUT2D eigenvalue weighted by molar-refractivity contribution is -0.161. The van der Waals surface area contributed by atoms with E-state index < -0.39 is 97.5 Å². The number of carbonyl (C=O) groups excluding carboxylic acids is 4. The number of unbranched alkanes of at least 4 members (excludes halogenated alkanes) is 58. The maximum Gasteiger partial charge on any atom is 0.472 e. The van der Waals surface area contributed by atoms with Crippen LogP contribution in [0.5, 0.6) is 0 Å². The van der Waals surface area contributed by atoms with Gasteiger partial charge in [-0.2, -0.15) is 0 Å². The minimum atomic E-state index is -4.96. The SMILES string of the molecule is CCCCCCCCCCCCCCCCCCCCCCCCC(=O)OC[C@H](COP(=O)(O)OC[C@@H](O)COP(=O)(O)OC[C@@H](COC(=O)CCCCCCCCCC)OC(=O)CCCCCCCCCCCC)OC(=O)CCCCCCCCCCCCCCCCCCCCCCCC. The topological polar surface area (TPSA) is 237 Å². The molecule has 2 unspecified atom stereocenters. The molecule has 0 aliphatic heterocycles. The summed E-state index contributed by atoms with van der Waals surface area (Å²) in [7, 11) is -9.91. The van der Waals surface area contributed by atoms with Crippen molar-refractivity contribution < 1.29 is 80.2 Å². The number of carbonyl (C=O) groups is 4. The first-order chi connectivity index (χ1) is 49.7. The molecule has 0 bridgehead atoms. The summed E-state index contributed by atoms with van der Waals surface area (Å²) in [4.78, 5) is 72.9. The van der Waals surface area contributed by atoms with E-state index in [4.69, 9.17) is 37.0 Å². The van der Waals surface area contributed by atoms with Crippen LogP contribution in [0.1, 0.15) is 451 Å². The largest absolute Gasteiger partial charge is 0.472 e. The summed E-state index contributed by atoms with van der Waals surface area (Å²) in [5, 5.41) is 10.6. The molecule has 0 saturated carbocycles. The molecule has 102 heavy (non-hydrogen) atoms. The monoisotopic (exact) mass is 1490 g/mol. The molecule has 5 atom stereocenters. The van der Waals surface area contributed by atoms with E-state index in [1.165, 1.54) is 276 Å². The van der Waals surface area contributed by atoms with E-state index in [1.54, 1.807) is 0 Å². The second kappa shape index (κ2) is 77.2. The second-order valence-corrected chi connectivity index (χ2v) is 32.8. The van der Waals surface area contributed by atoms with Gasteiger partial charge in [0, 0.05) is 25.7 Å². The number of phosphoric ester groups is 2. The summed E-state index contributed by atoms with van der Waals surface area (Å²) in [6.45, 7) is 4.98. The van der Waals surface area contributed by atoms with E-state index >= 15 is 0 Å². The molecule has 19 heteroatoms. The van der Waals surface area contributed by atoms with Gasteiger partial charge in [-0.3, -0.25) is 37.3 Å². The summed E-state index contributed by atoms with van der Waals surface area (Å²) in [6.07, 6.45) is 71.2. The Balaban J connectivity index is 5.12. The lowest BCUT2D eigenvalue weighted by Gasteiger charge is -2.21.